The first-order chi connectivity index (χ1) is 9.20. The second-order valence-electron chi connectivity index (χ2n) is 5.31. The van der Waals surface area contributed by atoms with Gasteiger partial charge in [0, 0.05) is 31.3 Å². The van der Waals surface area contributed by atoms with Gasteiger partial charge in [0.1, 0.15) is 5.82 Å². The van der Waals surface area contributed by atoms with Gasteiger partial charge in [-0.3, -0.25) is 4.79 Å². The van der Waals surface area contributed by atoms with Gasteiger partial charge in [0.15, 0.2) is 0 Å². The van der Waals surface area contributed by atoms with Gasteiger partial charge in [-0.1, -0.05) is 0 Å². The number of hydrogen-bond acceptors (Lipinski definition) is 4. The molecule has 3 rings (SSSR count). The van der Waals surface area contributed by atoms with Gasteiger partial charge >= 0.3 is 0 Å². The zero-order valence-corrected chi connectivity index (χ0v) is 11.4. The van der Waals surface area contributed by atoms with E-state index in [4.69, 9.17) is 4.74 Å². The average Bonchev–Trinajstić information content (AvgIpc) is 2.71. The minimum atomic E-state index is 0.179. The van der Waals surface area contributed by atoms with Crippen molar-refractivity contribution in [3.8, 4) is 0 Å². The molecule has 0 radical (unpaired) electrons. The lowest BCUT2D eigenvalue weighted by Gasteiger charge is -2.35. The van der Waals surface area contributed by atoms with Crippen LogP contribution in [-0.4, -0.2) is 40.5 Å². The summed E-state index contributed by atoms with van der Waals surface area (Å²) in [6, 6.07) is 0.495. The van der Waals surface area contributed by atoms with E-state index in [0.717, 1.165) is 36.3 Å². The zero-order chi connectivity index (χ0) is 13.4. The molecule has 1 aromatic rings. The Hall–Kier alpha value is -1.49. The molecule has 2 bridgehead atoms. The van der Waals surface area contributed by atoms with Crippen molar-refractivity contribution >= 4 is 5.91 Å². The topological polar surface area (TPSA) is 55.3 Å². The van der Waals surface area contributed by atoms with E-state index in [1.807, 2.05) is 18.0 Å². The molecule has 3 heterocycles. The molecule has 1 aromatic heterocycles. The van der Waals surface area contributed by atoms with Crippen LogP contribution in [0.5, 0.6) is 0 Å². The van der Waals surface area contributed by atoms with Gasteiger partial charge in [-0.2, -0.15) is 0 Å². The quantitative estimate of drug-likeness (QED) is 0.825. The Balaban J connectivity index is 1.87. The third-order valence-corrected chi connectivity index (χ3v) is 4.12. The van der Waals surface area contributed by atoms with Gasteiger partial charge in [-0.15, -0.1) is 0 Å². The number of aryl methyl sites for hydroxylation is 1. The van der Waals surface area contributed by atoms with Gasteiger partial charge < -0.3 is 9.64 Å². The maximum atomic E-state index is 12.3. The number of carbonyl (C=O) groups excluding carboxylic acids is 1. The van der Waals surface area contributed by atoms with Crippen molar-refractivity contribution in [3.63, 3.8) is 0 Å². The molecule has 1 saturated heterocycles. The molecule has 102 valence electrons. The molecule has 0 saturated carbocycles. The fourth-order valence-electron chi connectivity index (χ4n) is 3.28. The van der Waals surface area contributed by atoms with Gasteiger partial charge in [-0.05, 0) is 19.8 Å². The van der Waals surface area contributed by atoms with Crippen LogP contribution >= 0.6 is 0 Å². The van der Waals surface area contributed by atoms with E-state index in [0.29, 0.717) is 19.1 Å². The maximum Gasteiger partial charge on any atom is 0.225 e. The molecule has 2 unspecified atom stereocenters. The van der Waals surface area contributed by atoms with Gasteiger partial charge in [0.2, 0.25) is 5.91 Å². The molecule has 5 nitrogen and oxygen atoms in total. The molecule has 0 N–H and O–H groups in total. The highest BCUT2D eigenvalue weighted by atomic mass is 16.5. The number of methoxy groups -OCH3 is 1. The average molecular weight is 261 g/mol. The minimum Gasteiger partial charge on any atom is -0.384 e. The standard InChI is InChI=1S/C14H19N3O2/c1-9-15-8-11-12(16-9)7-10-3-4-13(11)17(10)14(18)5-6-19-2/h8,10,13H,3-7H2,1-2H3. The first-order valence-electron chi connectivity index (χ1n) is 6.83. The summed E-state index contributed by atoms with van der Waals surface area (Å²) in [6.45, 7) is 2.41. The Kier molecular flexibility index (Phi) is 3.22. The molecule has 1 amide bonds. The van der Waals surface area contributed by atoms with Crippen molar-refractivity contribution in [2.75, 3.05) is 13.7 Å². The Labute approximate surface area is 113 Å². The summed E-state index contributed by atoms with van der Waals surface area (Å²) in [6.07, 6.45) is 5.33. The third-order valence-electron chi connectivity index (χ3n) is 4.12. The molecule has 19 heavy (non-hydrogen) atoms. The minimum absolute atomic E-state index is 0.179. The summed E-state index contributed by atoms with van der Waals surface area (Å²) < 4.78 is 5.01. The number of aromatic nitrogens is 2. The van der Waals surface area contributed by atoms with E-state index in [-0.39, 0.29) is 11.9 Å². The summed E-state index contributed by atoms with van der Waals surface area (Å²) in [5.74, 6) is 1.01. The maximum absolute atomic E-state index is 12.3. The lowest BCUT2D eigenvalue weighted by Crippen LogP contribution is -2.42. The van der Waals surface area contributed by atoms with Gasteiger partial charge in [0.25, 0.3) is 0 Å². The second-order valence-corrected chi connectivity index (χ2v) is 5.31. The number of fused-ring (bicyclic) bond motifs is 4. The third kappa shape index (κ3) is 2.12. The molecule has 5 heteroatoms. The molecule has 2 atom stereocenters. The fourth-order valence-corrected chi connectivity index (χ4v) is 3.28. The SMILES string of the molecule is COCCC(=O)N1C2CCC1c1cnc(C)nc1C2. The van der Waals surface area contributed by atoms with Crippen LogP contribution in [-0.2, 0) is 16.0 Å². The van der Waals surface area contributed by atoms with Crippen molar-refractivity contribution in [1.82, 2.24) is 14.9 Å². The fraction of sp³-hybridized carbons (Fsp3) is 0.643. The molecule has 2 aliphatic rings. The number of carbonyl (C=O) groups is 1. The lowest BCUT2D eigenvalue weighted by atomic mass is 9.99. The Morgan fingerprint density at radius 2 is 2.37 bits per heavy atom. The molecule has 0 spiro atoms. The van der Waals surface area contributed by atoms with Crippen LogP contribution in [0.15, 0.2) is 6.20 Å². The van der Waals surface area contributed by atoms with Crippen LogP contribution in [0, 0.1) is 6.92 Å². The van der Waals surface area contributed by atoms with Crippen LogP contribution in [0.4, 0.5) is 0 Å². The van der Waals surface area contributed by atoms with E-state index in [2.05, 4.69) is 9.97 Å². The van der Waals surface area contributed by atoms with Crippen molar-refractivity contribution in [3.05, 3.63) is 23.3 Å². The largest absolute Gasteiger partial charge is 0.384 e. The van der Waals surface area contributed by atoms with Crippen LogP contribution in [0.2, 0.25) is 0 Å². The van der Waals surface area contributed by atoms with Crippen molar-refractivity contribution < 1.29 is 9.53 Å². The van der Waals surface area contributed by atoms with Crippen LogP contribution < -0.4 is 0 Å². The highest BCUT2D eigenvalue weighted by Gasteiger charge is 2.42. The van der Waals surface area contributed by atoms with E-state index in [1.165, 1.54) is 0 Å². The molecule has 0 aromatic carbocycles. The summed E-state index contributed by atoms with van der Waals surface area (Å²) in [5.41, 5.74) is 2.28. The Bertz CT molecular complexity index is 503. The predicted molar refractivity (Wildman–Crippen MR) is 69.6 cm³/mol. The van der Waals surface area contributed by atoms with Gasteiger partial charge in [-0.25, -0.2) is 9.97 Å². The van der Waals surface area contributed by atoms with E-state index in [1.54, 1.807) is 7.11 Å². The number of ether oxygens (including phenoxy) is 1. The molecule has 0 aliphatic carbocycles. The van der Waals surface area contributed by atoms with Crippen molar-refractivity contribution in [1.29, 1.82) is 0 Å². The summed E-state index contributed by atoms with van der Waals surface area (Å²) in [5, 5.41) is 0. The van der Waals surface area contributed by atoms with Gasteiger partial charge in [0.05, 0.1) is 24.8 Å². The highest BCUT2D eigenvalue weighted by Crippen LogP contribution is 2.43. The number of rotatable bonds is 3. The number of amides is 1. The highest BCUT2D eigenvalue weighted by molar-refractivity contribution is 5.78. The number of hydrogen-bond donors (Lipinski definition) is 0. The van der Waals surface area contributed by atoms with Crippen LogP contribution in [0.25, 0.3) is 0 Å². The number of nitrogens with zero attached hydrogens (tertiary/aromatic N) is 3. The van der Waals surface area contributed by atoms with E-state index < -0.39 is 0 Å². The summed E-state index contributed by atoms with van der Waals surface area (Å²) >= 11 is 0. The molecule has 1 fully saturated rings. The summed E-state index contributed by atoms with van der Waals surface area (Å²) in [4.78, 5) is 23.2. The smallest absolute Gasteiger partial charge is 0.225 e. The monoisotopic (exact) mass is 261 g/mol. The molecular formula is C14H19N3O2. The molecule has 2 aliphatic heterocycles. The van der Waals surface area contributed by atoms with Crippen LogP contribution in [0.3, 0.4) is 0 Å². The van der Waals surface area contributed by atoms with E-state index >= 15 is 0 Å². The normalized spacial score (nSPS) is 24.4. The summed E-state index contributed by atoms with van der Waals surface area (Å²) in [7, 11) is 1.63. The molecular weight excluding hydrogens is 242 g/mol. The lowest BCUT2D eigenvalue weighted by molar-refractivity contribution is -0.135. The first-order valence-corrected chi connectivity index (χ1v) is 6.83. The van der Waals surface area contributed by atoms with E-state index in [9.17, 15) is 4.79 Å². The Morgan fingerprint density at radius 3 is 3.16 bits per heavy atom. The first kappa shape index (κ1) is 12.5. The second kappa shape index (κ2) is 4.89. The zero-order valence-electron chi connectivity index (χ0n) is 11.4. The predicted octanol–water partition coefficient (Wildman–Crippen LogP) is 1.41. The van der Waals surface area contributed by atoms with Crippen molar-refractivity contribution in [2.24, 2.45) is 0 Å². The Morgan fingerprint density at radius 1 is 1.53 bits per heavy atom. The van der Waals surface area contributed by atoms with Crippen molar-refractivity contribution in [2.45, 2.75) is 44.7 Å². The van der Waals surface area contributed by atoms with Crippen LogP contribution in [0.1, 0.15) is 42.4 Å².